The first-order valence-electron chi connectivity index (χ1n) is 18.6. The number of methoxy groups -OCH3 is 3. The number of nitrogens with zero attached hydrogens (tertiary/aromatic N) is 2. The minimum absolute atomic E-state index is 0.216. The summed E-state index contributed by atoms with van der Waals surface area (Å²) in [6.45, 7) is 4.75. The number of carboxylic acids is 2. The highest BCUT2D eigenvalue weighted by Crippen LogP contribution is 2.53. The predicted octanol–water partition coefficient (Wildman–Crippen LogP) is 7.89. The molecule has 6 atom stereocenters. The van der Waals surface area contributed by atoms with E-state index in [0.717, 1.165) is 33.4 Å². The molecule has 2 N–H and O–H groups in total. The summed E-state index contributed by atoms with van der Waals surface area (Å²) >= 11 is 3.85. The number of halogens is 1. The van der Waals surface area contributed by atoms with Gasteiger partial charge in [-0.25, -0.2) is 9.59 Å². The van der Waals surface area contributed by atoms with Crippen LogP contribution >= 0.6 is 15.9 Å². The van der Waals surface area contributed by atoms with Gasteiger partial charge in [0.15, 0.2) is 40.8 Å². The molecule has 4 aliphatic rings. The third-order valence-electron chi connectivity index (χ3n) is 12.7. The SMILES string of the molecule is COc1ccc2cc1Oc1ccc(cc1)CC1c3cc(c(OC)cc3CC[N+]1(C)C(C)C(=O)O)Oc1c(Br)c(OC)cc3c1C(C2)[N+](C)(C(C)C(=O)O)CC3. The summed E-state index contributed by atoms with van der Waals surface area (Å²) in [6.07, 6.45) is 2.28. The molecule has 0 saturated carbocycles. The summed E-state index contributed by atoms with van der Waals surface area (Å²) in [5.74, 6) is 2.11. The fourth-order valence-corrected chi connectivity index (χ4v) is 9.46. The maximum absolute atomic E-state index is 12.8. The molecule has 4 aliphatic heterocycles. The van der Waals surface area contributed by atoms with Gasteiger partial charge in [0.1, 0.15) is 28.1 Å². The molecular weight excluding hydrogens is 768 g/mol. The highest BCUT2D eigenvalue weighted by Gasteiger charge is 2.49. The molecule has 0 saturated heterocycles. The van der Waals surface area contributed by atoms with Gasteiger partial charge < -0.3 is 42.9 Å². The van der Waals surface area contributed by atoms with Gasteiger partial charge in [0.05, 0.1) is 54.1 Å². The number of fused-ring (bicyclic) bond motifs is 2. The molecule has 12 heteroatoms. The minimum atomic E-state index is -0.887. The Hall–Kier alpha value is -4.78. The van der Waals surface area contributed by atoms with Gasteiger partial charge in [-0.15, -0.1) is 0 Å². The molecule has 0 aliphatic carbocycles. The highest BCUT2D eigenvalue weighted by atomic mass is 79.9. The largest absolute Gasteiger partial charge is 0.495 e. The molecule has 6 unspecified atom stereocenters. The van der Waals surface area contributed by atoms with Gasteiger partial charge in [0, 0.05) is 31.2 Å². The maximum Gasteiger partial charge on any atom is 0.362 e. The van der Waals surface area contributed by atoms with Crippen molar-refractivity contribution in [2.45, 2.75) is 63.7 Å². The highest BCUT2D eigenvalue weighted by molar-refractivity contribution is 9.10. The van der Waals surface area contributed by atoms with Gasteiger partial charge in [-0.2, -0.15) is 0 Å². The number of hydrogen-bond donors (Lipinski definition) is 2. The van der Waals surface area contributed by atoms with E-state index in [1.54, 1.807) is 35.2 Å². The first kappa shape index (κ1) is 38.5. The van der Waals surface area contributed by atoms with Gasteiger partial charge in [-0.05, 0) is 94.5 Å². The summed E-state index contributed by atoms with van der Waals surface area (Å²) < 4.78 is 32.3. The lowest BCUT2D eigenvalue weighted by atomic mass is 9.84. The fraction of sp³-hybridized carbons (Fsp3) is 0.395. The van der Waals surface area contributed by atoms with Crippen molar-refractivity contribution in [3.8, 4) is 40.2 Å². The van der Waals surface area contributed by atoms with Gasteiger partial charge in [0.25, 0.3) is 0 Å². The van der Waals surface area contributed by atoms with Crippen LogP contribution in [0.3, 0.4) is 0 Å². The molecule has 11 nitrogen and oxygen atoms in total. The Balaban J connectivity index is 1.52. The molecule has 4 heterocycles. The number of carboxylic acid groups (broad SMARTS) is 2. The number of quaternary nitrogens is 2. The molecule has 0 amide bonds. The summed E-state index contributed by atoms with van der Waals surface area (Å²) in [7, 11) is 8.88. The zero-order chi connectivity index (χ0) is 39.4. The number of hydrogen-bond acceptors (Lipinski definition) is 7. The number of benzene rings is 4. The van der Waals surface area contributed by atoms with Gasteiger partial charge in [-0.3, -0.25) is 0 Å². The Labute approximate surface area is 330 Å². The van der Waals surface area contributed by atoms with Crippen molar-refractivity contribution in [1.82, 2.24) is 0 Å². The Morgan fingerprint density at radius 1 is 0.709 bits per heavy atom. The average molecular weight is 818 g/mol. The lowest BCUT2D eigenvalue weighted by Crippen LogP contribution is -2.59. The summed E-state index contributed by atoms with van der Waals surface area (Å²) in [6, 6.07) is 17.8. The first-order valence-corrected chi connectivity index (χ1v) is 19.4. The van der Waals surface area contributed by atoms with Crippen LogP contribution < -0.4 is 23.7 Å². The minimum Gasteiger partial charge on any atom is -0.495 e. The number of aliphatic carboxylic acids is 2. The number of ether oxygens (including phenoxy) is 5. The molecule has 6 bridgehead atoms. The monoisotopic (exact) mass is 816 g/mol. The molecule has 4 aromatic carbocycles. The molecule has 0 radical (unpaired) electrons. The fourth-order valence-electron chi connectivity index (χ4n) is 8.89. The Morgan fingerprint density at radius 3 is 1.87 bits per heavy atom. The van der Waals surface area contributed by atoms with Crippen LogP contribution in [0, 0.1) is 0 Å². The third-order valence-corrected chi connectivity index (χ3v) is 13.5. The Kier molecular flexibility index (Phi) is 10.3. The number of rotatable bonds is 7. The molecule has 0 aromatic heterocycles. The number of likely N-dealkylation sites (N-methyl/N-ethyl adjacent to an activating group) is 2. The normalized spacial score (nSPS) is 23.8. The quantitative estimate of drug-likeness (QED) is 0.180. The van der Waals surface area contributed by atoms with Crippen molar-refractivity contribution in [1.29, 1.82) is 0 Å². The van der Waals surface area contributed by atoms with Crippen LogP contribution in [-0.4, -0.2) is 91.7 Å². The van der Waals surface area contributed by atoms with Crippen molar-refractivity contribution in [2.24, 2.45) is 0 Å². The van der Waals surface area contributed by atoms with E-state index in [4.69, 9.17) is 23.7 Å². The molecule has 0 fully saturated rings. The van der Waals surface area contributed by atoms with Crippen LogP contribution in [0.1, 0.15) is 59.3 Å². The second kappa shape index (κ2) is 14.7. The van der Waals surface area contributed by atoms with Crippen molar-refractivity contribution in [2.75, 3.05) is 48.5 Å². The van der Waals surface area contributed by atoms with Crippen molar-refractivity contribution >= 4 is 27.9 Å². The Morgan fingerprint density at radius 2 is 1.25 bits per heavy atom. The zero-order valence-corrected chi connectivity index (χ0v) is 33.9. The summed E-state index contributed by atoms with van der Waals surface area (Å²) in [5.41, 5.74) is 5.91. The predicted molar refractivity (Wildman–Crippen MR) is 210 cm³/mol. The zero-order valence-electron chi connectivity index (χ0n) is 32.4. The van der Waals surface area contributed by atoms with E-state index in [9.17, 15) is 19.8 Å². The van der Waals surface area contributed by atoms with E-state index in [0.29, 0.717) is 88.0 Å². The van der Waals surface area contributed by atoms with Gasteiger partial charge in [0.2, 0.25) is 0 Å². The number of carbonyl (C=O) groups is 2. The maximum atomic E-state index is 12.8. The second-order valence-electron chi connectivity index (χ2n) is 15.4. The van der Waals surface area contributed by atoms with Gasteiger partial charge in [-0.1, -0.05) is 18.2 Å². The summed E-state index contributed by atoms with van der Waals surface area (Å²) in [4.78, 5) is 25.5. The lowest BCUT2D eigenvalue weighted by molar-refractivity contribution is -0.954. The van der Waals surface area contributed by atoms with Crippen LogP contribution in [0.4, 0.5) is 0 Å². The van der Waals surface area contributed by atoms with Crippen LogP contribution in [0.15, 0.2) is 65.1 Å². The average Bonchev–Trinajstić information content (AvgIpc) is 3.17. The third kappa shape index (κ3) is 6.68. The van der Waals surface area contributed by atoms with E-state index in [1.165, 1.54) is 0 Å². The molecular formula is C43H49BrN2O9+2. The Bertz CT molecular complexity index is 2160. The van der Waals surface area contributed by atoms with Crippen molar-refractivity contribution < 1.29 is 52.5 Å². The standard InChI is InChI=1S/C43H47BrN2O9/c1-24(42(47)48)45(3)16-14-28-21-35(52-6)37-23-31(28)32(45)18-26-8-11-30(12-9-26)54-36-20-27(10-13-34(36)51-5)19-33-39-29(15-17-46(33,4)25(2)43(49)50)22-38(53-7)40(44)41(39)55-37/h8-13,20-25,32-33H,14-19H2,1-7H3/p+2. The molecule has 8 rings (SSSR count). The topological polar surface area (TPSA) is 121 Å². The molecule has 0 spiro atoms. The molecule has 290 valence electrons. The van der Waals surface area contributed by atoms with E-state index in [1.807, 2.05) is 74.8 Å². The van der Waals surface area contributed by atoms with E-state index in [-0.39, 0.29) is 16.6 Å². The van der Waals surface area contributed by atoms with Crippen LogP contribution in [0.5, 0.6) is 40.2 Å². The van der Waals surface area contributed by atoms with Gasteiger partial charge >= 0.3 is 11.9 Å². The first-order chi connectivity index (χ1) is 26.2. The smallest absolute Gasteiger partial charge is 0.362 e. The van der Waals surface area contributed by atoms with Crippen LogP contribution in [0.25, 0.3) is 0 Å². The molecule has 55 heavy (non-hydrogen) atoms. The van der Waals surface area contributed by atoms with E-state index < -0.39 is 24.0 Å². The summed E-state index contributed by atoms with van der Waals surface area (Å²) in [5, 5.41) is 20.9. The van der Waals surface area contributed by atoms with Crippen molar-refractivity contribution in [3.05, 3.63) is 98.5 Å². The van der Waals surface area contributed by atoms with Crippen molar-refractivity contribution in [3.63, 3.8) is 0 Å². The lowest BCUT2D eigenvalue weighted by Gasteiger charge is -2.49. The second-order valence-corrected chi connectivity index (χ2v) is 16.2. The van der Waals surface area contributed by atoms with E-state index in [2.05, 4.69) is 15.9 Å². The molecule has 4 aromatic rings. The van der Waals surface area contributed by atoms with Crippen LogP contribution in [0.2, 0.25) is 0 Å². The van der Waals surface area contributed by atoms with Crippen LogP contribution in [-0.2, 0) is 35.3 Å². The van der Waals surface area contributed by atoms with E-state index >= 15 is 0 Å².